The molecule has 1 aromatic carbocycles. The van der Waals surface area contributed by atoms with E-state index in [0.29, 0.717) is 5.92 Å². The molecule has 0 unspecified atom stereocenters. The van der Waals surface area contributed by atoms with Gasteiger partial charge in [0.1, 0.15) is 5.82 Å². The van der Waals surface area contributed by atoms with Crippen LogP contribution in [-0.4, -0.2) is 0 Å². The molecule has 0 bridgehead atoms. The largest absolute Gasteiger partial charge is 0.205 e. The zero-order chi connectivity index (χ0) is 9.14. The Morgan fingerprint density at radius 3 is 2.58 bits per heavy atom. The molecule has 0 aromatic heterocycles. The van der Waals surface area contributed by atoms with Gasteiger partial charge in [0.05, 0.1) is 5.02 Å². The van der Waals surface area contributed by atoms with E-state index in [1.807, 2.05) is 6.07 Å². The van der Waals surface area contributed by atoms with Crippen molar-refractivity contribution in [1.29, 1.82) is 0 Å². The van der Waals surface area contributed by atoms with E-state index >= 15 is 0 Å². The second-order valence-corrected chi connectivity index (χ2v) is 3.75. The minimum Gasteiger partial charge on any atom is -0.205 e. The zero-order valence-corrected chi connectivity index (χ0v) is 8.03. The molecule has 0 N–H and O–H groups in total. The summed E-state index contributed by atoms with van der Waals surface area (Å²) < 4.78 is 12.9. The lowest BCUT2D eigenvalue weighted by Gasteiger charge is -2.04. The van der Waals surface area contributed by atoms with Gasteiger partial charge in [-0.25, -0.2) is 4.39 Å². The summed E-state index contributed by atoms with van der Waals surface area (Å²) in [7, 11) is 0. The molecule has 0 atom stereocenters. The Morgan fingerprint density at radius 2 is 2.08 bits per heavy atom. The number of hydrogen-bond acceptors (Lipinski definition) is 0. The molecule has 66 valence electrons. The molecule has 1 rings (SSSR count). The lowest BCUT2D eigenvalue weighted by molar-refractivity contribution is 0.613. The average Bonchev–Trinajstić information content (AvgIpc) is 1.96. The molecule has 0 aliphatic heterocycles. The molecule has 0 saturated carbocycles. The Bertz CT molecular complexity index is 269. The first kappa shape index (κ1) is 9.53. The molecule has 0 fully saturated rings. The molecule has 0 aliphatic rings. The van der Waals surface area contributed by atoms with Crippen LogP contribution in [0.4, 0.5) is 4.39 Å². The highest BCUT2D eigenvalue weighted by molar-refractivity contribution is 6.30. The number of rotatable bonds is 2. The Hall–Kier alpha value is -0.560. The molecule has 0 spiro atoms. The average molecular weight is 187 g/mol. The number of halogens is 2. The highest BCUT2D eigenvalue weighted by Crippen LogP contribution is 2.17. The summed E-state index contributed by atoms with van der Waals surface area (Å²) in [5.41, 5.74) is 1.01. The lowest BCUT2D eigenvalue weighted by atomic mass is 10.0. The van der Waals surface area contributed by atoms with Crippen molar-refractivity contribution < 1.29 is 4.39 Å². The van der Waals surface area contributed by atoms with Crippen molar-refractivity contribution >= 4 is 11.6 Å². The second-order valence-electron chi connectivity index (χ2n) is 3.35. The molecular formula is C10H12ClF. The van der Waals surface area contributed by atoms with Crippen molar-refractivity contribution in [3.63, 3.8) is 0 Å². The highest BCUT2D eigenvalue weighted by atomic mass is 35.5. The summed E-state index contributed by atoms with van der Waals surface area (Å²) in [6, 6.07) is 4.97. The summed E-state index contributed by atoms with van der Waals surface area (Å²) in [5.74, 6) is 0.223. The van der Waals surface area contributed by atoms with Crippen LogP contribution in [0, 0.1) is 11.7 Å². The molecular weight excluding hydrogens is 175 g/mol. The monoisotopic (exact) mass is 186 g/mol. The van der Waals surface area contributed by atoms with Gasteiger partial charge < -0.3 is 0 Å². The Kier molecular flexibility index (Phi) is 3.10. The molecule has 0 amide bonds. The minimum atomic E-state index is -0.324. The minimum absolute atomic E-state index is 0.197. The van der Waals surface area contributed by atoms with Crippen LogP contribution in [0.5, 0.6) is 0 Å². The standard InChI is InChI=1S/C10H12ClF/c1-7(2)5-8-3-4-9(11)10(12)6-8/h3-4,6-7H,5H2,1-2H3. The van der Waals surface area contributed by atoms with E-state index < -0.39 is 0 Å². The third-order valence-corrected chi connectivity index (χ3v) is 1.93. The molecule has 2 heteroatoms. The van der Waals surface area contributed by atoms with Crippen molar-refractivity contribution in [1.82, 2.24) is 0 Å². The summed E-state index contributed by atoms with van der Waals surface area (Å²) in [5, 5.41) is 0.197. The topological polar surface area (TPSA) is 0 Å². The lowest BCUT2D eigenvalue weighted by Crippen LogP contribution is -1.94. The van der Waals surface area contributed by atoms with Crippen LogP contribution >= 0.6 is 11.6 Å². The third-order valence-electron chi connectivity index (χ3n) is 1.63. The smallest absolute Gasteiger partial charge is 0.142 e. The maximum atomic E-state index is 12.9. The predicted octanol–water partition coefficient (Wildman–Crippen LogP) is 3.68. The molecule has 1 aromatic rings. The molecule has 0 saturated heterocycles. The van der Waals surface area contributed by atoms with Crippen LogP contribution in [0.25, 0.3) is 0 Å². The van der Waals surface area contributed by atoms with Gasteiger partial charge in [0.15, 0.2) is 0 Å². The van der Waals surface area contributed by atoms with Crippen LogP contribution in [0.15, 0.2) is 18.2 Å². The molecule has 0 radical (unpaired) electrons. The van der Waals surface area contributed by atoms with Crippen LogP contribution < -0.4 is 0 Å². The van der Waals surface area contributed by atoms with Gasteiger partial charge in [0.2, 0.25) is 0 Å². The molecule has 0 nitrogen and oxygen atoms in total. The van der Waals surface area contributed by atoms with Gasteiger partial charge in [-0.2, -0.15) is 0 Å². The predicted molar refractivity (Wildman–Crippen MR) is 50.0 cm³/mol. The van der Waals surface area contributed by atoms with Gasteiger partial charge in [-0.05, 0) is 30.0 Å². The first-order valence-electron chi connectivity index (χ1n) is 4.03. The summed E-state index contributed by atoms with van der Waals surface area (Å²) >= 11 is 5.54. The van der Waals surface area contributed by atoms with Crippen molar-refractivity contribution in [2.24, 2.45) is 5.92 Å². The number of benzene rings is 1. The normalized spacial score (nSPS) is 10.8. The van der Waals surface area contributed by atoms with Gasteiger partial charge in [-0.1, -0.05) is 31.5 Å². The van der Waals surface area contributed by atoms with E-state index in [0.717, 1.165) is 12.0 Å². The van der Waals surface area contributed by atoms with Crippen molar-refractivity contribution in [2.45, 2.75) is 20.3 Å². The fraction of sp³-hybridized carbons (Fsp3) is 0.400. The van der Waals surface area contributed by atoms with E-state index in [-0.39, 0.29) is 10.8 Å². The van der Waals surface area contributed by atoms with Crippen LogP contribution in [0.1, 0.15) is 19.4 Å². The van der Waals surface area contributed by atoms with Crippen molar-refractivity contribution in [3.8, 4) is 0 Å². The van der Waals surface area contributed by atoms with Gasteiger partial charge in [0.25, 0.3) is 0 Å². The highest BCUT2D eigenvalue weighted by Gasteiger charge is 2.02. The molecule has 12 heavy (non-hydrogen) atoms. The number of hydrogen-bond donors (Lipinski definition) is 0. The van der Waals surface area contributed by atoms with E-state index in [1.54, 1.807) is 6.07 Å². The van der Waals surface area contributed by atoms with Gasteiger partial charge in [0, 0.05) is 0 Å². The zero-order valence-electron chi connectivity index (χ0n) is 7.27. The Balaban J connectivity index is 2.82. The second kappa shape index (κ2) is 3.90. The summed E-state index contributed by atoms with van der Waals surface area (Å²) in [6.07, 6.45) is 0.897. The van der Waals surface area contributed by atoms with E-state index in [4.69, 9.17) is 11.6 Å². The fourth-order valence-electron chi connectivity index (χ4n) is 1.14. The van der Waals surface area contributed by atoms with Gasteiger partial charge >= 0.3 is 0 Å². The first-order valence-corrected chi connectivity index (χ1v) is 4.41. The van der Waals surface area contributed by atoms with E-state index in [9.17, 15) is 4.39 Å². The summed E-state index contributed by atoms with van der Waals surface area (Å²) in [4.78, 5) is 0. The fourth-order valence-corrected chi connectivity index (χ4v) is 1.26. The SMILES string of the molecule is CC(C)Cc1ccc(Cl)c(F)c1. The Labute approximate surface area is 77.4 Å². The van der Waals surface area contributed by atoms with Crippen molar-refractivity contribution in [2.75, 3.05) is 0 Å². The molecule has 0 aliphatic carbocycles. The summed E-state index contributed by atoms with van der Waals surface area (Å²) in [6.45, 7) is 4.21. The van der Waals surface area contributed by atoms with Gasteiger partial charge in [-0.3, -0.25) is 0 Å². The van der Waals surface area contributed by atoms with Gasteiger partial charge in [-0.15, -0.1) is 0 Å². The first-order chi connectivity index (χ1) is 5.59. The van der Waals surface area contributed by atoms with Crippen LogP contribution in [-0.2, 0) is 6.42 Å². The quantitative estimate of drug-likeness (QED) is 0.661. The Morgan fingerprint density at radius 1 is 1.42 bits per heavy atom. The maximum absolute atomic E-state index is 12.9. The van der Waals surface area contributed by atoms with Crippen molar-refractivity contribution in [3.05, 3.63) is 34.6 Å². The van der Waals surface area contributed by atoms with Crippen LogP contribution in [0.2, 0.25) is 5.02 Å². The maximum Gasteiger partial charge on any atom is 0.142 e. The van der Waals surface area contributed by atoms with Crippen LogP contribution in [0.3, 0.4) is 0 Å². The van der Waals surface area contributed by atoms with E-state index in [1.165, 1.54) is 6.07 Å². The van der Waals surface area contributed by atoms with E-state index in [2.05, 4.69) is 13.8 Å². The third kappa shape index (κ3) is 2.49. The molecule has 0 heterocycles.